The molecule has 0 aliphatic carbocycles. The Labute approximate surface area is 152 Å². The monoisotopic (exact) mass is 362 g/mol. The number of aromatic nitrogens is 1. The van der Waals surface area contributed by atoms with Crippen LogP contribution in [0.4, 0.5) is 5.69 Å². The van der Waals surface area contributed by atoms with Crippen molar-refractivity contribution < 1.29 is 9.53 Å². The highest BCUT2D eigenvalue weighted by molar-refractivity contribution is 6.34. The Hall–Kier alpha value is -2.11. The maximum atomic E-state index is 12.7. The lowest BCUT2D eigenvalue weighted by Crippen LogP contribution is -2.28. The van der Waals surface area contributed by atoms with E-state index in [-0.39, 0.29) is 11.0 Å². The number of halogens is 1. The number of rotatable bonds is 6. The van der Waals surface area contributed by atoms with E-state index in [0.29, 0.717) is 36.2 Å². The van der Waals surface area contributed by atoms with Gasteiger partial charge < -0.3 is 14.6 Å². The molecule has 0 atom stereocenters. The van der Waals surface area contributed by atoms with E-state index >= 15 is 0 Å². The predicted molar refractivity (Wildman–Crippen MR) is 101 cm³/mol. The fourth-order valence-electron chi connectivity index (χ4n) is 2.80. The zero-order valence-corrected chi connectivity index (χ0v) is 15.7. The first-order valence-electron chi connectivity index (χ1n) is 8.22. The molecule has 0 spiro atoms. The quantitative estimate of drug-likeness (QED) is 0.797. The summed E-state index contributed by atoms with van der Waals surface area (Å²) < 4.78 is 7.31. The summed E-state index contributed by atoms with van der Waals surface area (Å²) >= 11 is 6.17. The first kappa shape index (κ1) is 19.2. The van der Waals surface area contributed by atoms with Gasteiger partial charge in [-0.3, -0.25) is 9.59 Å². The third-order valence-electron chi connectivity index (χ3n) is 4.13. The number of benzene rings is 1. The largest absolute Gasteiger partial charge is 0.380 e. The van der Waals surface area contributed by atoms with Crippen LogP contribution < -0.4 is 10.7 Å². The van der Waals surface area contributed by atoms with Crippen molar-refractivity contribution in [1.82, 2.24) is 4.57 Å². The standard InChI is InChI=1S/C19H23ClN2O3/c1-5-25-10-9-22-13(3)11-16(23)17(14(22)4)19(24)21-18-12(2)7-6-8-15(18)20/h6-8,11H,5,9-10H2,1-4H3,(H,21,24). The lowest BCUT2D eigenvalue weighted by molar-refractivity contribution is 0.102. The molecule has 2 aromatic rings. The maximum Gasteiger partial charge on any atom is 0.261 e. The van der Waals surface area contributed by atoms with Gasteiger partial charge in [-0.15, -0.1) is 0 Å². The van der Waals surface area contributed by atoms with Gasteiger partial charge in [0.1, 0.15) is 5.56 Å². The Morgan fingerprint density at radius 1 is 1.28 bits per heavy atom. The molecule has 2 rings (SSSR count). The highest BCUT2D eigenvalue weighted by Crippen LogP contribution is 2.25. The average molecular weight is 363 g/mol. The molecule has 0 saturated carbocycles. The minimum absolute atomic E-state index is 0.126. The molecule has 1 aromatic carbocycles. The van der Waals surface area contributed by atoms with Gasteiger partial charge in [-0.2, -0.15) is 0 Å². The number of nitrogens with zero attached hydrogens (tertiary/aromatic N) is 1. The molecule has 0 radical (unpaired) electrons. The molecule has 0 unspecified atom stereocenters. The molecule has 134 valence electrons. The van der Waals surface area contributed by atoms with E-state index in [2.05, 4.69) is 5.32 Å². The van der Waals surface area contributed by atoms with E-state index in [1.165, 1.54) is 6.07 Å². The Bertz CT molecular complexity index is 823. The summed E-state index contributed by atoms with van der Waals surface area (Å²) in [6, 6.07) is 6.84. The summed E-state index contributed by atoms with van der Waals surface area (Å²) in [6.07, 6.45) is 0. The summed E-state index contributed by atoms with van der Waals surface area (Å²) in [5.74, 6) is -0.455. The molecule has 1 aromatic heterocycles. The molecule has 1 N–H and O–H groups in total. The average Bonchev–Trinajstić information content (AvgIpc) is 2.54. The van der Waals surface area contributed by atoms with Crippen molar-refractivity contribution in [2.45, 2.75) is 34.2 Å². The first-order chi connectivity index (χ1) is 11.9. The Morgan fingerprint density at radius 2 is 2.00 bits per heavy atom. The highest BCUT2D eigenvalue weighted by atomic mass is 35.5. The van der Waals surface area contributed by atoms with Gasteiger partial charge in [0.2, 0.25) is 0 Å². The molecule has 1 heterocycles. The van der Waals surface area contributed by atoms with Gasteiger partial charge in [-0.1, -0.05) is 23.7 Å². The molecular weight excluding hydrogens is 340 g/mol. The van der Waals surface area contributed by atoms with Crippen LogP contribution in [-0.2, 0) is 11.3 Å². The van der Waals surface area contributed by atoms with Crippen LogP contribution in [0.1, 0.15) is 34.2 Å². The van der Waals surface area contributed by atoms with Gasteiger partial charge in [0.05, 0.1) is 17.3 Å². The van der Waals surface area contributed by atoms with E-state index in [1.54, 1.807) is 13.0 Å². The summed E-state index contributed by atoms with van der Waals surface area (Å²) in [5.41, 5.74) is 2.60. The number of amides is 1. The second-order valence-electron chi connectivity index (χ2n) is 5.84. The molecule has 0 aliphatic rings. The highest BCUT2D eigenvalue weighted by Gasteiger charge is 2.19. The third kappa shape index (κ3) is 4.30. The molecule has 1 amide bonds. The Kier molecular flexibility index (Phi) is 6.39. The molecule has 6 heteroatoms. The smallest absolute Gasteiger partial charge is 0.261 e. The van der Waals surface area contributed by atoms with E-state index in [9.17, 15) is 9.59 Å². The van der Waals surface area contributed by atoms with Gasteiger partial charge in [-0.05, 0) is 39.3 Å². The summed E-state index contributed by atoms with van der Waals surface area (Å²) in [7, 11) is 0. The summed E-state index contributed by atoms with van der Waals surface area (Å²) in [5, 5.41) is 3.21. The van der Waals surface area contributed by atoms with Crippen LogP contribution >= 0.6 is 11.6 Å². The van der Waals surface area contributed by atoms with Gasteiger partial charge >= 0.3 is 0 Å². The molecular formula is C19H23ClN2O3. The minimum atomic E-state index is -0.455. The van der Waals surface area contributed by atoms with E-state index in [0.717, 1.165) is 11.3 Å². The normalized spacial score (nSPS) is 10.8. The molecule has 5 nitrogen and oxygen atoms in total. The number of carbonyl (C=O) groups excluding carboxylic acids is 1. The fraction of sp³-hybridized carbons (Fsp3) is 0.368. The van der Waals surface area contributed by atoms with E-state index in [4.69, 9.17) is 16.3 Å². The first-order valence-corrected chi connectivity index (χ1v) is 8.59. The predicted octanol–water partition coefficient (Wildman–Crippen LogP) is 3.72. The van der Waals surface area contributed by atoms with Crippen LogP contribution in [-0.4, -0.2) is 23.7 Å². The van der Waals surface area contributed by atoms with Crippen LogP contribution in [0.25, 0.3) is 0 Å². The Morgan fingerprint density at radius 3 is 2.64 bits per heavy atom. The van der Waals surface area contributed by atoms with Crippen molar-refractivity contribution in [3.63, 3.8) is 0 Å². The van der Waals surface area contributed by atoms with Crippen LogP contribution in [0.3, 0.4) is 0 Å². The zero-order chi connectivity index (χ0) is 18.6. The number of para-hydroxylation sites is 1. The van der Waals surface area contributed by atoms with Gasteiger partial charge in [0.15, 0.2) is 5.43 Å². The number of anilines is 1. The molecule has 0 aliphatic heterocycles. The molecule has 0 saturated heterocycles. The van der Waals surface area contributed by atoms with Gasteiger partial charge in [-0.25, -0.2) is 0 Å². The molecule has 25 heavy (non-hydrogen) atoms. The van der Waals surface area contributed by atoms with Crippen LogP contribution in [0.5, 0.6) is 0 Å². The summed E-state index contributed by atoms with van der Waals surface area (Å²) in [6.45, 7) is 9.12. The van der Waals surface area contributed by atoms with Crippen molar-refractivity contribution in [1.29, 1.82) is 0 Å². The van der Waals surface area contributed by atoms with Crippen LogP contribution in [0, 0.1) is 20.8 Å². The van der Waals surface area contributed by atoms with E-state index in [1.807, 2.05) is 37.5 Å². The third-order valence-corrected chi connectivity index (χ3v) is 4.44. The van der Waals surface area contributed by atoms with Crippen molar-refractivity contribution in [3.8, 4) is 0 Å². The number of nitrogens with one attached hydrogen (secondary N) is 1. The molecule has 0 bridgehead atoms. The maximum absolute atomic E-state index is 12.7. The van der Waals surface area contributed by atoms with Gasteiger partial charge in [0.25, 0.3) is 5.91 Å². The topological polar surface area (TPSA) is 60.3 Å². The number of hydrogen-bond donors (Lipinski definition) is 1. The Balaban J connectivity index is 2.39. The molecule has 0 fully saturated rings. The summed E-state index contributed by atoms with van der Waals surface area (Å²) in [4.78, 5) is 25.1. The van der Waals surface area contributed by atoms with Crippen molar-refractivity contribution in [2.75, 3.05) is 18.5 Å². The number of pyridine rings is 1. The number of hydrogen-bond acceptors (Lipinski definition) is 3. The van der Waals surface area contributed by atoms with Crippen LogP contribution in [0.15, 0.2) is 29.1 Å². The second kappa shape index (κ2) is 8.32. The van der Waals surface area contributed by atoms with E-state index < -0.39 is 5.91 Å². The second-order valence-corrected chi connectivity index (χ2v) is 6.25. The van der Waals surface area contributed by atoms with Gasteiger partial charge in [0, 0.05) is 30.6 Å². The van der Waals surface area contributed by atoms with Crippen LogP contribution in [0.2, 0.25) is 5.02 Å². The fourth-order valence-corrected chi connectivity index (χ4v) is 3.07. The number of ether oxygens (including phenoxy) is 1. The van der Waals surface area contributed by atoms with Crippen molar-refractivity contribution in [2.24, 2.45) is 0 Å². The van der Waals surface area contributed by atoms with Crippen molar-refractivity contribution in [3.05, 3.63) is 62.0 Å². The number of carbonyl (C=O) groups is 1. The SMILES string of the molecule is CCOCCn1c(C)cc(=O)c(C(=O)Nc2c(C)cccc2Cl)c1C. The van der Waals surface area contributed by atoms with Crippen molar-refractivity contribution >= 4 is 23.2 Å². The lowest BCUT2D eigenvalue weighted by Gasteiger charge is -2.18. The zero-order valence-electron chi connectivity index (χ0n) is 15.0. The lowest BCUT2D eigenvalue weighted by atomic mass is 10.1. The number of aryl methyl sites for hydroxylation is 2. The minimum Gasteiger partial charge on any atom is -0.380 e.